The molecule has 0 radical (unpaired) electrons. The summed E-state index contributed by atoms with van der Waals surface area (Å²) < 4.78 is 5.27. The van der Waals surface area contributed by atoms with Crippen LogP contribution in [-0.2, 0) is 9.53 Å². The average Bonchev–Trinajstić information content (AvgIpc) is 3.09. The number of aryl methyl sites for hydroxylation is 1. The molecule has 0 aliphatic carbocycles. The second-order valence-corrected chi connectivity index (χ2v) is 6.97. The molecular formula is C14H16N2O2S2. The zero-order chi connectivity index (χ0) is 13.9. The van der Waals surface area contributed by atoms with Crippen LogP contribution in [0.25, 0.3) is 10.6 Å². The Hall–Kier alpha value is -1.24. The van der Waals surface area contributed by atoms with Gasteiger partial charge in [0.2, 0.25) is 5.91 Å². The molecule has 20 heavy (non-hydrogen) atoms. The molecule has 0 bridgehead atoms. The standard InChI is InChI=1S/C14H16N2O2S2/c1-9-2-3-12(20-9)11-8-19-14(15-11)16-13(17)10-4-6-18-7-5-10/h2-3,8,10H,4-7H2,1H3,(H,15,16,17). The number of hydrogen-bond donors (Lipinski definition) is 1. The van der Waals surface area contributed by atoms with Crippen LogP contribution in [-0.4, -0.2) is 24.1 Å². The zero-order valence-corrected chi connectivity index (χ0v) is 12.9. The van der Waals surface area contributed by atoms with E-state index in [1.165, 1.54) is 16.2 Å². The van der Waals surface area contributed by atoms with E-state index in [1.54, 1.807) is 11.3 Å². The maximum Gasteiger partial charge on any atom is 0.229 e. The van der Waals surface area contributed by atoms with E-state index < -0.39 is 0 Å². The van der Waals surface area contributed by atoms with Crippen molar-refractivity contribution in [3.63, 3.8) is 0 Å². The molecule has 106 valence electrons. The zero-order valence-electron chi connectivity index (χ0n) is 11.2. The molecule has 0 aromatic carbocycles. The van der Waals surface area contributed by atoms with Gasteiger partial charge < -0.3 is 10.1 Å². The van der Waals surface area contributed by atoms with Crippen LogP contribution in [0.4, 0.5) is 5.13 Å². The average molecular weight is 308 g/mol. The Morgan fingerprint density at radius 3 is 2.90 bits per heavy atom. The van der Waals surface area contributed by atoms with Gasteiger partial charge in [0.05, 0.1) is 10.6 Å². The Morgan fingerprint density at radius 1 is 1.40 bits per heavy atom. The first-order valence-electron chi connectivity index (χ1n) is 6.63. The van der Waals surface area contributed by atoms with Crippen LogP contribution in [0, 0.1) is 12.8 Å². The number of carbonyl (C=O) groups excluding carboxylic acids is 1. The number of amides is 1. The van der Waals surface area contributed by atoms with E-state index in [0.29, 0.717) is 18.3 Å². The number of aromatic nitrogens is 1. The molecule has 1 fully saturated rings. The molecule has 3 heterocycles. The minimum Gasteiger partial charge on any atom is -0.381 e. The molecule has 3 rings (SSSR count). The predicted molar refractivity (Wildman–Crippen MR) is 82.3 cm³/mol. The first-order chi connectivity index (χ1) is 9.72. The first kappa shape index (κ1) is 13.7. The summed E-state index contributed by atoms with van der Waals surface area (Å²) in [6.45, 7) is 3.43. The number of thiophene rings is 1. The Morgan fingerprint density at radius 2 is 2.20 bits per heavy atom. The largest absolute Gasteiger partial charge is 0.381 e. The lowest BCUT2D eigenvalue weighted by atomic mass is 10.00. The van der Waals surface area contributed by atoms with Crippen molar-refractivity contribution in [2.45, 2.75) is 19.8 Å². The van der Waals surface area contributed by atoms with Crippen molar-refractivity contribution in [1.29, 1.82) is 0 Å². The molecule has 1 aliphatic rings. The Labute approximate surface area is 125 Å². The lowest BCUT2D eigenvalue weighted by molar-refractivity contribution is -0.122. The van der Waals surface area contributed by atoms with E-state index in [0.717, 1.165) is 23.4 Å². The van der Waals surface area contributed by atoms with Crippen molar-refractivity contribution in [1.82, 2.24) is 4.98 Å². The second-order valence-electron chi connectivity index (χ2n) is 4.82. The van der Waals surface area contributed by atoms with Crippen molar-refractivity contribution in [2.75, 3.05) is 18.5 Å². The van der Waals surface area contributed by atoms with Crippen molar-refractivity contribution in [2.24, 2.45) is 5.92 Å². The summed E-state index contributed by atoms with van der Waals surface area (Å²) in [6.07, 6.45) is 1.60. The number of rotatable bonds is 3. The number of carbonyl (C=O) groups is 1. The number of hydrogen-bond acceptors (Lipinski definition) is 5. The summed E-state index contributed by atoms with van der Waals surface area (Å²) in [5.74, 6) is 0.122. The number of anilines is 1. The highest BCUT2D eigenvalue weighted by atomic mass is 32.1. The van der Waals surface area contributed by atoms with Gasteiger partial charge in [-0.1, -0.05) is 0 Å². The van der Waals surface area contributed by atoms with E-state index in [9.17, 15) is 4.79 Å². The molecule has 1 N–H and O–H groups in total. The van der Waals surface area contributed by atoms with Gasteiger partial charge in [-0.3, -0.25) is 4.79 Å². The summed E-state index contributed by atoms with van der Waals surface area (Å²) in [4.78, 5) is 19.0. The summed E-state index contributed by atoms with van der Waals surface area (Å²) in [6, 6.07) is 4.15. The van der Waals surface area contributed by atoms with E-state index >= 15 is 0 Å². The highest BCUT2D eigenvalue weighted by Gasteiger charge is 2.22. The van der Waals surface area contributed by atoms with Gasteiger partial charge in [0, 0.05) is 29.4 Å². The third-order valence-electron chi connectivity index (χ3n) is 3.32. The summed E-state index contributed by atoms with van der Waals surface area (Å²) in [5, 5.41) is 5.60. The molecule has 0 unspecified atom stereocenters. The second kappa shape index (κ2) is 6.03. The lowest BCUT2D eigenvalue weighted by Crippen LogP contribution is -2.28. The van der Waals surface area contributed by atoms with E-state index in [2.05, 4.69) is 29.4 Å². The molecule has 4 nitrogen and oxygen atoms in total. The highest BCUT2D eigenvalue weighted by Crippen LogP contribution is 2.30. The van der Waals surface area contributed by atoms with Gasteiger partial charge in [0.25, 0.3) is 0 Å². The monoisotopic (exact) mass is 308 g/mol. The Balaban J connectivity index is 1.66. The van der Waals surface area contributed by atoms with E-state index in [4.69, 9.17) is 4.74 Å². The van der Waals surface area contributed by atoms with E-state index in [1.807, 2.05) is 5.38 Å². The van der Waals surface area contributed by atoms with Crippen molar-refractivity contribution in [3.05, 3.63) is 22.4 Å². The van der Waals surface area contributed by atoms with Crippen LogP contribution in [0.5, 0.6) is 0 Å². The minimum atomic E-state index is 0.0556. The fourth-order valence-corrected chi connectivity index (χ4v) is 3.80. The van der Waals surface area contributed by atoms with Crippen LogP contribution >= 0.6 is 22.7 Å². The number of nitrogens with zero attached hydrogens (tertiary/aromatic N) is 1. The smallest absolute Gasteiger partial charge is 0.229 e. The van der Waals surface area contributed by atoms with Crippen LogP contribution in [0.15, 0.2) is 17.5 Å². The molecule has 2 aromatic rings. The molecular weight excluding hydrogens is 292 g/mol. The quantitative estimate of drug-likeness (QED) is 0.943. The number of nitrogens with one attached hydrogen (secondary N) is 1. The van der Waals surface area contributed by atoms with Gasteiger partial charge >= 0.3 is 0 Å². The van der Waals surface area contributed by atoms with Crippen LogP contribution in [0.2, 0.25) is 0 Å². The van der Waals surface area contributed by atoms with Crippen molar-refractivity contribution < 1.29 is 9.53 Å². The van der Waals surface area contributed by atoms with Crippen LogP contribution < -0.4 is 5.32 Å². The van der Waals surface area contributed by atoms with Crippen molar-refractivity contribution in [3.8, 4) is 10.6 Å². The van der Waals surface area contributed by atoms with Gasteiger partial charge in [-0.05, 0) is 31.9 Å². The first-order valence-corrected chi connectivity index (χ1v) is 8.33. The fourth-order valence-electron chi connectivity index (χ4n) is 2.18. The number of ether oxygens (including phenoxy) is 1. The Bertz CT molecular complexity index is 600. The summed E-state index contributed by atoms with van der Waals surface area (Å²) >= 11 is 3.19. The van der Waals surface area contributed by atoms with Crippen LogP contribution in [0.3, 0.4) is 0 Å². The normalized spacial score (nSPS) is 16.2. The van der Waals surface area contributed by atoms with Gasteiger partial charge in [-0.15, -0.1) is 22.7 Å². The molecule has 0 spiro atoms. The maximum absolute atomic E-state index is 12.1. The van der Waals surface area contributed by atoms with Gasteiger partial charge in [0.1, 0.15) is 0 Å². The molecule has 2 aromatic heterocycles. The predicted octanol–water partition coefficient (Wildman–Crippen LogP) is 3.55. The highest BCUT2D eigenvalue weighted by molar-refractivity contribution is 7.17. The molecule has 1 amide bonds. The van der Waals surface area contributed by atoms with Gasteiger partial charge in [-0.25, -0.2) is 4.98 Å². The molecule has 0 saturated carbocycles. The maximum atomic E-state index is 12.1. The van der Waals surface area contributed by atoms with Gasteiger partial charge in [-0.2, -0.15) is 0 Å². The number of thiazole rings is 1. The summed E-state index contributed by atoms with van der Waals surface area (Å²) in [5.41, 5.74) is 0.940. The van der Waals surface area contributed by atoms with Crippen LogP contribution in [0.1, 0.15) is 17.7 Å². The molecule has 0 atom stereocenters. The van der Waals surface area contributed by atoms with Gasteiger partial charge in [0.15, 0.2) is 5.13 Å². The summed E-state index contributed by atoms with van der Waals surface area (Å²) in [7, 11) is 0. The molecule has 1 aliphatic heterocycles. The molecule has 6 heteroatoms. The third-order valence-corrected chi connectivity index (χ3v) is 5.10. The fraction of sp³-hybridized carbons (Fsp3) is 0.429. The third kappa shape index (κ3) is 3.08. The topological polar surface area (TPSA) is 51.2 Å². The Kier molecular flexibility index (Phi) is 4.14. The van der Waals surface area contributed by atoms with Crippen molar-refractivity contribution >= 4 is 33.7 Å². The molecule has 1 saturated heterocycles. The SMILES string of the molecule is Cc1ccc(-c2csc(NC(=O)C3CCOCC3)n2)s1. The van der Waals surface area contributed by atoms with E-state index in [-0.39, 0.29) is 11.8 Å². The lowest BCUT2D eigenvalue weighted by Gasteiger charge is -2.20. The minimum absolute atomic E-state index is 0.0556.